The van der Waals surface area contributed by atoms with Gasteiger partial charge in [0.25, 0.3) is 5.91 Å². The van der Waals surface area contributed by atoms with E-state index < -0.39 is 17.2 Å². The number of rotatable bonds is 3. The number of nitriles is 1. The molecule has 0 saturated carbocycles. The van der Waals surface area contributed by atoms with Crippen molar-refractivity contribution in [2.24, 2.45) is 5.92 Å². The van der Waals surface area contributed by atoms with Crippen LogP contribution in [0.3, 0.4) is 0 Å². The van der Waals surface area contributed by atoms with E-state index in [1.165, 1.54) is 12.0 Å². The van der Waals surface area contributed by atoms with Gasteiger partial charge in [0, 0.05) is 18.7 Å². The van der Waals surface area contributed by atoms with Crippen molar-refractivity contribution in [1.82, 2.24) is 0 Å². The predicted molar refractivity (Wildman–Crippen MR) is 82.6 cm³/mol. The van der Waals surface area contributed by atoms with E-state index in [-0.39, 0.29) is 24.7 Å². The number of methoxy groups -OCH3 is 1. The van der Waals surface area contributed by atoms with Gasteiger partial charge < -0.3 is 9.64 Å². The average Bonchev–Trinajstić information content (AvgIpc) is 2.54. The number of ether oxygens (including phenoxy) is 1. The summed E-state index contributed by atoms with van der Waals surface area (Å²) in [6.45, 7) is 3.77. The lowest BCUT2D eigenvalue weighted by molar-refractivity contribution is -0.146. The van der Waals surface area contributed by atoms with Crippen molar-refractivity contribution < 1.29 is 19.1 Å². The Bertz CT molecular complexity index is 686. The molecule has 1 aromatic rings. The van der Waals surface area contributed by atoms with Crippen molar-refractivity contribution in [2.75, 3.05) is 18.6 Å². The van der Waals surface area contributed by atoms with E-state index in [1.54, 1.807) is 44.2 Å². The normalized spacial score (nSPS) is 18.5. The van der Waals surface area contributed by atoms with E-state index in [1.807, 2.05) is 0 Å². The minimum absolute atomic E-state index is 0.166. The van der Waals surface area contributed by atoms with Crippen LogP contribution in [0, 0.1) is 17.2 Å². The molecule has 0 spiro atoms. The molecule has 0 aromatic heterocycles. The first-order valence-corrected chi connectivity index (χ1v) is 7.25. The summed E-state index contributed by atoms with van der Waals surface area (Å²) in [5.41, 5.74) is 0.558. The topological polar surface area (TPSA) is 87.5 Å². The van der Waals surface area contributed by atoms with Crippen molar-refractivity contribution >= 4 is 23.3 Å². The summed E-state index contributed by atoms with van der Waals surface area (Å²) >= 11 is 0. The lowest BCUT2D eigenvalue weighted by atomic mass is 9.84. The van der Waals surface area contributed by atoms with Crippen LogP contribution in [0.5, 0.6) is 0 Å². The van der Waals surface area contributed by atoms with Crippen molar-refractivity contribution in [2.45, 2.75) is 25.7 Å². The number of hydrogen-bond acceptors (Lipinski definition) is 5. The van der Waals surface area contributed by atoms with Crippen LogP contribution >= 0.6 is 0 Å². The Labute approximate surface area is 134 Å². The first kappa shape index (κ1) is 16.7. The molecular weight excluding hydrogens is 296 g/mol. The number of amides is 1. The summed E-state index contributed by atoms with van der Waals surface area (Å²) in [4.78, 5) is 37.1. The number of piperidine rings is 1. The number of Topliss-reactive ketones (excluding diaryl/α,β-unsaturated/α-hetero) is 1. The molecule has 1 heterocycles. The monoisotopic (exact) mass is 314 g/mol. The summed E-state index contributed by atoms with van der Waals surface area (Å²) in [7, 11) is 1.34. The molecule has 120 valence electrons. The van der Waals surface area contributed by atoms with Crippen LogP contribution in [-0.4, -0.2) is 31.3 Å². The van der Waals surface area contributed by atoms with E-state index in [0.717, 1.165) is 5.56 Å². The van der Waals surface area contributed by atoms with Gasteiger partial charge in [-0.1, -0.05) is 12.1 Å². The molecule has 1 aromatic carbocycles. The number of carbonyl (C=O) groups is 3. The molecular formula is C17H18N2O4. The van der Waals surface area contributed by atoms with Crippen LogP contribution in [0.4, 0.5) is 5.69 Å². The first-order chi connectivity index (χ1) is 10.8. The Morgan fingerprint density at radius 2 is 1.91 bits per heavy atom. The van der Waals surface area contributed by atoms with Gasteiger partial charge in [-0.2, -0.15) is 5.26 Å². The van der Waals surface area contributed by atoms with Gasteiger partial charge in [0.1, 0.15) is 0 Å². The molecule has 6 heteroatoms. The molecule has 1 aliphatic rings. The number of esters is 1. The maximum Gasteiger partial charge on any atom is 0.315 e. The summed E-state index contributed by atoms with van der Waals surface area (Å²) in [6, 6.07) is 8.68. The second kappa shape index (κ2) is 6.21. The Morgan fingerprint density at radius 1 is 1.30 bits per heavy atom. The highest BCUT2D eigenvalue weighted by Crippen LogP contribution is 2.28. The molecule has 1 saturated heterocycles. The van der Waals surface area contributed by atoms with Gasteiger partial charge >= 0.3 is 5.97 Å². The second-order valence-corrected chi connectivity index (χ2v) is 5.93. The molecule has 0 radical (unpaired) electrons. The highest BCUT2D eigenvalue weighted by Gasteiger charge is 2.36. The van der Waals surface area contributed by atoms with Gasteiger partial charge in [-0.15, -0.1) is 0 Å². The fourth-order valence-corrected chi connectivity index (χ4v) is 2.58. The number of hydrogen-bond donors (Lipinski definition) is 0. The lowest BCUT2D eigenvalue weighted by Gasteiger charge is -2.29. The van der Waals surface area contributed by atoms with Crippen LogP contribution in [0.25, 0.3) is 0 Å². The van der Waals surface area contributed by atoms with Gasteiger partial charge in [0.05, 0.1) is 18.6 Å². The Balaban J connectivity index is 2.27. The van der Waals surface area contributed by atoms with Crippen molar-refractivity contribution in [3.8, 4) is 6.07 Å². The Kier molecular flexibility index (Phi) is 4.50. The molecule has 0 N–H and O–H groups in total. The molecule has 0 aliphatic carbocycles. The van der Waals surface area contributed by atoms with Crippen LogP contribution in [-0.2, 0) is 24.5 Å². The standard InChI is InChI=1S/C17H18N2O4/c1-17(2,16(22)23-3)11-4-6-12(7-5-11)19-9-8-14(20)13(10-18)15(19)21/h4-7,13H,8-9H2,1-3H3. The average molecular weight is 314 g/mol. The third kappa shape index (κ3) is 2.95. The quantitative estimate of drug-likeness (QED) is 0.624. The fraction of sp³-hybridized carbons (Fsp3) is 0.412. The van der Waals surface area contributed by atoms with Gasteiger partial charge in [-0.3, -0.25) is 14.4 Å². The van der Waals surface area contributed by atoms with Gasteiger partial charge in [0.15, 0.2) is 11.7 Å². The van der Waals surface area contributed by atoms with E-state index in [2.05, 4.69) is 0 Å². The number of carbonyl (C=O) groups excluding carboxylic acids is 3. The smallest absolute Gasteiger partial charge is 0.315 e. The summed E-state index contributed by atoms with van der Waals surface area (Å²) in [5.74, 6) is -2.41. The molecule has 2 rings (SSSR count). The zero-order chi connectivity index (χ0) is 17.2. The fourth-order valence-electron chi connectivity index (χ4n) is 2.58. The minimum atomic E-state index is -1.23. The van der Waals surface area contributed by atoms with E-state index >= 15 is 0 Å². The van der Waals surface area contributed by atoms with Crippen LogP contribution in [0.15, 0.2) is 24.3 Å². The van der Waals surface area contributed by atoms with E-state index in [0.29, 0.717) is 5.69 Å². The van der Waals surface area contributed by atoms with Gasteiger partial charge in [-0.05, 0) is 31.5 Å². The maximum absolute atomic E-state index is 12.2. The molecule has 1 amide bonds. The van der Waals surface area contributed by atoms with Crippen molar-refractivity contribution in [3.05, 3.63) is 29.8 Å². The SMILES string of the molecule is COC(=O)C(C)(C)c1ccc(N2CCC(=O)C(C#N)C2=O)cc1. The minimum Gasteiger partial charge on any atom is -0.468 e. The largest absolute Gasteiger partial charge is 0.468 e. The Morgan fingerprint density at radius 3 is 2.43 bits per heavy atom. The molecule has 6 nitrogen and oxygen atoms in total. The second-order valence-electron chi connectivity index (χ2n) is 5.93. The van der Waals surface area contributed by atoms with E-state index in [9.17, 15) is 14.4 Å². The molecule has 1 atom stereocenters. The number of anilines is 1. The number of ketones is 1. The molecule has 1 aliphatic heterocycles. The summed E-state index contributed by atoms with van der Waals surface area (Å²) in [6.07, 6.45) is 0.166. The molecule has 0 bridgehead atoms. The van der Waals surface area contributed by atoms with Crippen molar-refractivity contribution in [1.29, 1.82) is 5.26 Å². The van der Waals surface area contributed by atoms with Crippen LogP contribution in [0.1, 0.15) is 25.8 Å². The van der Waals surface area contributed by atoms with Crippen LogP contribution < -0.4 is 4.90 Å². The van der Waals surface area contributed by atoms with Crippen LogP contribution in [0.2, 0.25) is 0 Å². The van der Waals surface area contributed by atoms with Crippen molar-refractivity contribution in [3.63, 3.8) is 0 Å². The summed E-state index contributed by atoms with van der Waals surface area (Å²) in [5, 5.41) is 8.97. The molecule has 1 unspecified atom stereocenters. The lowest BCUT2D eigenvalue weighted by Crippen LogP contribution is -2.45. The molecule has 1 fully saturated rings. The third-order valence-electron chi connectivity index (χ3n) is 4.14. The van der Waals surface area contributed by atoms with Gasteiger partial charge in [-0.25, -0.2) is 0 Å². The zero-order valence-electron chi connectivity index (χ0n) is 13.3. The van der Waals surface area contributed by atoms with Gasteiger partial charge in [0.2, 0.25) is 0 Å². The Hall–Kier alpha value is -2.68. The predicted octanol–water partition coefficient (Wildman–Crippen LogP) is 1.58. The maximum atomic E-state index is 12.2. The third-order valence-corrected chi connectivity index (χ3v) is 4.14. The highest BCUT2D eigenvalue weighted by molar-refractivity contribution is 6.13. The van der Waals surface area contributed by atoms with E-state index in [4.69, 9.17) is 10.00 Å². The molecule has 23 heavy (non-hydrogen) atoms. The summed E-state index contributed by atoms with van der Waals surface area (Å²) < 4.78 is 4.80. The number of nitrogens with zero attached hydrogens (tertiary/aromatic N) is 2. The number of benzene rings is 1. The zero-order valence-corrected chi connectivity index (χ0v) is 13.3. The highest BCUT2D eigenvalue weighted by atomic mass is 16.5. The first-order valence-electron chi connectivity index (χ1n) is 7.25.